The Balaban J connectivity index is 2.00. The highest BCUT2D eigenvalue weighted by molar-refractivity contribution is 7.89. The first kappa shape index (κ1) is 12.7. The van der Waals surface area contributed by atoms with E-state index < -0.39 is 10.0 Å². The fourth-order valence-electron chi connectivity index (χ4n) is 2.57. The maximum atomic E-state index is 12.7. The quantitative estimate of drug-likeness (QED) is 0.840. The standard InChI is InChI=1S/C13H17NO4S/c1-17-10-4-3-5-11(18-2)12(10)19(15,16)14-8-13(9-14)6-7-13/h3-5H,6-9H2,1-2H3. The molecule has 2 fully saturated rings. The van der Waals surface area contributed by atoms with Crippen LogP contribution in [0.25, 0.3) is 0 Å². The van der Waals surface area contributed by atoms with Gasteiger partial charge in [0.1, 0.15) is 11.5 Å². The van der Waals surface area contributed by atoms with Crippen LogP contribution in [0.5, 0.6) is 11.5 Å². The normalized spacial score (nSPS) is 20.9. The van der Waals surface area contributed by atoms with Gasteiger partial charge in [-0.1, -0.05) is 6.07 Å². The first-order valence-electron chi connectivity index (χ1n) is 6.24. The third-order valence-electron chi connectivity index (χ3n) is 3.96. The van der Waals surface area contributed by atoms with Crippen molar-refractivity contribution in [1.82, 2.24) is 4.31 Å². The van der Waals surface area contributed by atoms with Crippen molar-refractivity contribution in [3.63, 3.8) is 0 Å². The lowest BCUT2D eigenvalue weighted by atomic mass is 10.0. The van der Waals surface area contributed by atoms with Crippen molar-refractivity contribution in [1.29, 1.82) is 0 Å². The molecule has 1 aliphatic heterocycles. The summed E-state index contributed by atoms with van der Waals surface area (Å²) in [6.45, 7) is 1.24. The van der Waals surface area contributed by atoms with E-state index >= 15 is 0 Å². The molecule has 6 heteroatoms. The second-order valence-corrected chi connectivity index (χ2v) is 7.14. The van der Waals surface area contributed by atoms with Crippen molar-refractivity contribution in [2.24, 2.45) is 5.41 Å². The molecule has 1 aliphatic carbocycles. The monoisotopic (exact) mass is 283 g/mol. The minimum absolute atomic E-state index is 0.135. The summed E-state index contributed by atoms with van der Waals surface area (Å²) in [5, 5.41) is 0. The molecule has 0 bridgehead atoms. The first-order chi connectivity index (χ1) is 9.02. The molecular weight excluding hydrogens is 266 g/mol. The molecule has 1 heterocycles. The van der Waals surface area contributed by atoms with Crippen LogP contribution in [0, 0.1) is 5.41 Å². The summed E-state index contributed by atoms with van der Waals surface area (Å²) in [4.78, 5) is 0.135. The van der Waals surface area contributed by atoms with Crippen molar-refractivity contribution in [2.45, 2.75) is 17.7 Å². The van der Waals surface area contributed by atoms with E-state index in [0.29, 0.717) is 24.6 Å². The highest BCUT2D eigenvalue weighted by atomic mass is 32.2. The number of ether oxygens (including phenoxy) is 2. The summed E-state index contributed by atoms with van der Waals surface area (Å²) in [5.41, 5.74) is 0.280. The van der Waals surface area contributed by atoms with Gasteiger partial charge in [0.05, 0.1) is 14.2 Å². The third kappa shape index (κ3) is 1.90. The number of nitrogens with zero attached hydrogens (tertiary/aromatic N) is 1. The Kier molecular flexibility index (Phi) is 2.76. The fraction of sp³-hybridized carbons (Fsp3) is 0.538. The van der Waals surface area contributed by atoms with Gasteiger partial charge in [0.25, 0.3) is 10.0 Å². The Labute approximate surface area is 113 Å². The smallest absolute Gasteiger partial charge is 0.250 e. The number of rotatable bonds is 4. The Morgan fingerprint density at radius 1 is 1.11 bits per heavy atom. The zero-order valence-electron chi connectivity index (χ0n) is 11.0. The first-order valence-corrected chi connectivity index (χ1v) is 7.68. The number of hydrogen-bond acceptors (Lipinski definition) is 4. The van der Waals surface area contributed by atoms with E-state index in [4.69, 9.17) is 9.47 Å². The number of methoxy groups -OCH3 is 2. The third-order valence-corrected chi connectivity index (χ3v) is 5.82. The van der Waals surface area contributed by atoms with Crippen LogP contribution in [0.1, 0.15) is 12.8 Å². The molecule has 5 nitrogen and oxygen atoms in total. The van der Waals surface area contributed by atoms with E-state index in [9.17, 15) is 8.42 Å². The van der Waals surface area contributed by atoms with Gasteiger partial charge in [-0.3, -0.25) is 0 Å². The van der Waals surface area contributed by atoms with Crippen molar-refractivity contribution in [3.05, 3.63) is 18.2 Å². The van der Waals surface area contributed by atoms with E-state index in [2.05, 4.69) is 0 Å². The predicted molar refractivity (Wildman–Crippen MR) is 70.0 cm³/mol. The number of benzene rings is 1. The van der Waals surface area contributed by atoms with E-state index in [-0.39, 0.29) is 10.3 Å². The molecule has 3 rings (SSSR count). The summed E-state index contributed by atoms with van der Waals surface area (Å²) >= 11 is 0. The van der Waals surface area contributed by atoms with Gasteiger partial charge in [0, 0.05) is 13.1 Å². The topological polar surface area (TPSA) is 55.8 Å². The van der Waals surface area contributed by atoms with Gasteiger partial charge in [0.2, 0.25) is 0 Å². The predicted octanol–water partition coefficient (Wildman–Crippen LogP) is 1.49. The van der Waals surface area contributed by atoms with Crippen LogP contribution in [-0.2, 0) is 10.0 Å². The molecule has 2 aliphatic rings. The van der Waals surface area contributed by atoms with Crippen molar-refractivity contribution < 1.29 is 17.9 Å². The van der Waals surface area contributed by atoms with Crippen molar-refractivity contribution >= 4 is 10.0 Å². The SMILES string of the molecule is COc1cccc(OC)c1S(=O)(=O)N1CC2(CC2)C1. The van der Waals surface area contributed by atoms with Gasteiger partial charge in [-0.15, -0.1) is 0 Å². The minimum Gasteiger partial charge on any atom is -0.495 e. The highest BCUT2D eigenvalue weighted by Gasteiger charge is 2.56. The molecule has 0 atom stereocenters. The van der Waals surface area contributed by atoms with Crippen molar-refractivity contribution in [3.8, 4) is 11.5 Å². The molecule has 1 aromatic carbocycles. The summed E-state index contributed by atoms with van der Waals surface area (Å²) < 4.78 is 37.2. The molecule has 19 heavy (non-hydrogen) atoms. The Bertz CT molecular complexity index is 577. The van der Waals surface area contributed by atoms with Crippen LogP contribution < -0.4 is 9.47 Å². The van der Waals surface area contributed by atoms with Gasteiger partial charge in [-0.05, 0) is 30.4 Å². The zero-order chi connectivity index (χ0) is 13.7. The maximum absolute atomic E-state index is 12.7. The van der Waals surface area contributed by atoms with Crippen LogP contribution in [0.3, 0.4) is 0 Å². The summed E-state index contributed by atoms with van der Waals surface area (Å²) in [5.74, 6) is 0.659. The highest BCUT2D eigenvalue weighted by Crippen LogP contribution is 2.55. The second kappa shape index (κ2) is 4.11. The molecule has 1 aromatic rings. The average Bonchev–Trinajstić information content (AvgIpc) is 3.16. The molecule has 1 saturated heterocycles. The van der Waals surface area contributed by atoms with E-state index in [1.54, 1.807) is 18.2 Å². The lowest BCUT2D eigenvalue weighted by Crippen LogP contribution is -2.51. The Hall–Kier alpha value is -1.27. The van der Waals surface area contributed by atoms with Gasteiger partial charge in [-0.25, -0.2) is 8.42 Å². The van der Waals surface area contributed by atoms with E-state index in [0.717, 1.165) is 12.8 Å². The molecule has 104 valence electrons. The molecule has 0 aromatic heterocycles. The zero-order valence-corrected chi connectivity index (χ0v) is 11.9. The van der Waals surface area contributed by atoms with Crippen LogP contribution in [0.15, 0.2) is 23.1 Å². The van der Waals surface area contributed by atoms with Crippen molar-refractivity contribution in [2.75, 3.05) is 27.3 Å². The van der Waals surface area contributed by atoms with Crippen LogP contribution in [0.2, 0.25) is 0 Å². The van der Waals surface area contributed by atoms with Gasteiger partial charge in [0.15, 0.2) is 4.90 Å². The van der Waals surface area contributed by atoms with Gasteiger partial charge in [-0.2, -0.15) is 4.31 Å². The lowest BCUT2D eigenvalue weighted by Gasteiger charge is -2.38. The fourth-order valence-corrected chi connectivity index (χ4v) is 4.52. The molecule has 1 saturated carbocycles. The van der Waals surface area contributed by atoms with Gasteiger partial charge < -0.3 is 9.47 Å². The molecular formula is C13H17NO4S. The number of sulfonamides is 1. The Morgan fingerprint density at radius 3 is 2.05 bits per heavy atom. The van der Waals surface area contributed by atoms with Gasteiger partial charge >= 0.3 is 0 Å². The molecule has 0 unspecified atom stereocenters. The average molecular weight is 283 g/mol. The van der Waals surface area contributed by atoms with Crippen LogP contribution in [-0.4, -0.2) is 40.0 Å². The summed E-state index contributed by atoms with van der Waals surface area (Å²) in [6.07, 6.45) is 2.28. The summed E-state index contributed by atoms with van der Waals surface area (Å²) in [6, 6.07) is 5.00. The summed E-state index contributed by atoms with van der Waals surface area (Å²) in [7, 11) is -0.606. The minimum atomic E-state index is -3.54. The number of hydrogen-bond donors (Lipinski definition) is 0. The second-order valence-electron chi connectivity index (χ2n) is 5.26. The molecule has 0 N–H and O–H groups in total. The Morgan fingerprint density at radius 2 is 1.63 bits per heavy atom. The van der Waals surface area contributed by atoms with E-state index in [1.807, 2.05) is 0 Å². The molecule has 0 radical (unpaired) electrons. The van der Waals surface area contributed by atoms with Crippen LogP contribution >= 0.6 is 0 Å². The van der Waals surface area contributed by atoms with E-state index in [1.165, 1.54) is 18.5 Å². The van der Waals surface area contributed by atoms with Crippen LogP contribution in [0.4, 0.5) is 0 Å². The largest absolute Gasteiger partial charge is 0.495 e. The maximum Gasteiger partial charge on any atom is 0.250 e. The lowest BCUT2D eigenvalue weighted by molar-refractivity contribution is 0.177. The molecule has 1 spiro atoms. The molecule has 0 amide bonds.